The van der Waals surface area contributed by atoms with Crippen LogP contribution in [0.2, 0.25) is 0 Å². The predicted molar refractivity (Wildman–Crippen MR) is 107 cm³/mol. The van der Waals surface area contributed by atoms with Gasteiger partial charge in [0.1, 0.15) is 4.01 Å². The summed E-state index contributed by atoms with van der Waals surface area (Å²) in [6, 6.07) is 7.89. The third kappa shape index (κ3) is 3.28. The Balaban J connectivity index is 1.54. The molecule has 0 unspecified atom stereocenters. The Labute approximate surface area is 155 Å². The van der Waals surface area contributed by atoms with Crippen LogP contribution < -0.4 is 10.2 Å². The molecule has 0 aliphatic carbocycles. The van der Waals surface area contributed by atoms with Crippen LogP contribution >= 0.6 is 22.7 Å². The van der Waals surface area contributed by atoms with Gasteiger partial charge >= 0.3 is 0 Å². The number of fused-ring (bicyclic) bond motifs is 1. The van der Waals surface area contributed by atoms with Crippen LogP contribution in [0.25, 0.3) is 9.53 Å². The molecule has 130 valence electrons. The molecule has 1 amide bonds. The average Bonchev–Trinajstić information content (AvgIpc) is 3.19. The van der Waals surface area contributed by atoms with Gasteiger partial charge in [0, 0.05) is 18.8 Å². The fourth-order valence-electron chi connectivity index (χ4n) is 3.13. The van der Waals surface area contributed by atoms with Crippen LogP contribution in [0.5, 0.6) is 0 Å². The molecule has 0 radical (unpaired) electrons. The van der Waals surface area contributed by atoms with E-state index in [0.29, 0.717) is 0 Å². The lowest BCUT2D eigenvalue weighted by Crippen LogP contribution is -2.29. The summed E-state index contributed by atoms with van der Waals surface area (Å²) in [4.78, 5) is 20.4. The first-order chi connectivity index (χ1) is 12.1. The van der Waals surface area contributed by atoms with Crippen molar-refractivity contribution in [3.63, 3.8) is 0 Å². The van der Waals surface area contributed by atoms with Gasteiger partial charge < -0.3 is 10.2 Å². The maximum atomic E-state index is 12.6. The number of anilines is 2. The van der Waals surface area contributed by atoms with Crippen molar-refractivity contribution in [2.45, 2.75) is 33.1 Å². The molecule has 25 heavy (non-hydrogen) atoms. The van der Waals surface area contributed by atoms with Crippen molar-refractivity contribution in [3.8, 4) is 0 Å². The summed E-state index contributed by atoms with van der Waals surface area (Å²) >= 11 is 3.24. The molecule has 1 aromatic carbocycles. The molecule has 0 saturated carbocycles. The number of rotatable bonds is 3. The molecule has 3 heterocycles. The van der Waals surface area contributed by atoms with Crippen molar-refractivity contribution in [3.05, 3.63) is 40.3 Å². The lowest BCUT2D eigenvalue weighted by Gasteiger charge is -2.25. The second kappa shape index (κ2) is 6.77. The molecule has 2 aromatic heterocycles. The standard InChI is InChI=1S/C19H21N3OS2/c1-12-7-6-8-14(13(12)2)20-17(23)16-11-15-18(24-16)25-19(21-15)22-9-4-3-5-10-22/h6-8,11H,3-5,9-10H2,1-2H3,(H,20,23). The average molecular weight is 372 g/mol. The Bertz CT molecular complexity index is 891. The largest absolute Gasteiger partial charge is 0.348 e. The van der Waals surface area contributed by atoms with E-state index in [1.807, 2.05) is 25.1 Å². The molecule has 1 N–H and O–H groups in total. The highest BCUT2D eigenvalue weighted by molar-refractivity contribution is 7.40. The van der Waals surface area contributed by atoms with Crippen molar-refractivity contribution < 1.29 is 4.79 Å². The Kier molecular flexibility index (Phi) is 4.48. The molecule has 0 atom stereocenters. The SMILES string of the molecule is Cc1cccc(NC(=O)c2cc3nc(N4CCCCC4)sc3s2)c1C. The molecule has 4 nitrogen and oxygen atoms in total. The zero-order valence-corrected chi connectivity index (χ0v) is 16.1. The summed E-state index contributed by atoms with van der Waals surface area (Å²) in [5, 5.41) is 4.13. The Morgan fingerprint density at radius 3 is 2.72 bits per heavy atom. The van der Waals surface area contributed by atoms with Gasteiger partial charge in [0.05, 0.1) is 10.4 Å². The lowest BCUT2D eigenvalue weighted by molar-refractivity contribution is 0.103. The van der Waals surface area contributed by atoms with Gasteiger partial charge in [-0.05, 0) is 56.4 Å². The van der Waals surface area contributed by atoms with Crippen LogP contribution in [0.15, 0.2) is 24.3 Å². The molecule has 6 heteroatoms. The minimum Gasteiger partial charge on any atom is -0.348 e. The van der Waals surface area contributed by atoms with Gasteiger partial charge in [-0.2, -0.15) is 0 Å². The molecular weight excluding hydrogens is 350 g/mol. The van der Waals surface area contributed by atoms with Gasteiger partial charge in [-0.15, -0.1) is 11.3 Å². The first-order valence-corrected chi connectivity index (χ1v) is 10.3. The third-order valence-electron chi connectivity index (χ3n) is 4.78. The second-order valence-electron chi connectivity index (χ2n) is 6.53. The summed E-state index contributed by atoms with van der Waals surface area (Å²) < 4.78 is 1.13. The predicted octanol–water partition coefficient (Wildman–Crippen LogP) is 5.22. The van der Waals surface area contributed by atoms with Crippen molar-refractivity contribution >= 4 is 48.9 Å². The van der Waals surface area contributed by atoms with Gasteiger partial charge in [0.15, 0.2) is 5.13 Å². The zero-order valence-electron chi connectivity index (χ0n) is 14.5. The first-order valence-electron chi connectivity index (χ1n) is 8.65. The van der Waals surface area contributed by atoms with E-state index in [4.69, 9.17) is 4.98 Å². The van der Waals surface area contributed by atoms with E-state index in [0.717, 1.165) is 43.9 Å². The molecule has 1 fully saturated rings. The number of piperidine rings is 1. The number of aryl methyl sites for hydroxylation is 1. The topological polar surface area (TPSA) is 45.2 Å². The summed E-state index contributed by atoms with van der Waals surface area (Å²) in [5.74, 6) is -0.0524. The van der Waals surface area contributed by atoms with Crippen molar-refractivity contribution in [1.29, 1.82) is 0 Å². The van der Waals surface area contributed by atoms with E-state index in [1.54, 1.807) is 11.3 Å². The number of nitrogens with one attached hydrogen (secondary N) is 1. The monoisotopic (exact) mass is 371 g/mol. The van der Waals surface area contributed by atoms with Gasteiger partial charge in [0.25, 0.3) is 5.91 Å². The maximum absolute atomic E-state index is 12.6. The van der Waals surface area contributed by atoms with E-state index in [9.17, 15) is 4.79 Å². The van der Waals surface area contributed by atoms with E-state index < -0.39 is 0 Å². The van der Waals surface area contributed by atoms with Gasteiger partial charge in [0.2, 0.25) is 0 Å². The third-order valence-corrected chi connectivity index (χ3v) is 7.13. The quantitative estimate of drug-likeness (QED) is 0.687. The minimum atomic E-state index is -0.0524. The highest BCUT2D eigenvalue weighted by atomic mass is 32.2. The Morgan fingerprint density at radius 2 is 1.96 bits per heavy atom. The fraction of sp³-hybridized carbons (Fsp3) is 0.368. The number of benzene rings is 1. The Morgan fingerprint density at radius 1 is 1.16 bits per heavy atom. The molecule has 1 saturated heterocycles. The van der Waals surface area contributed by atoms with Gasteiger partial charge in [-0.3, -0.25) is 4.79 Å². The van der Waals surface area contributed by atoms with Gasteiger partial charge in [-0.1, -0.05) is 23.5 Å². The molecule has 3 aromatic rings. The van der Waals surface area contributed by atoms with E-state index in [2.05, 4.69) is 23.2 Å². The van der Waals surface area contributed by atoms with Crippen molar-refractivity contribution in [2.75, 3.05) is 23.3 Å². The number of thiazole rings is 1. The maximum Gasteiger partial charge on any atom is 0.265 e. The molecule has 0 bridgehead atoms. The number of carbonyl (C=O) groups is 1. The normalized spacial score (nSPS) is 14.9. The summed E-state index contributed by atoms with van der Waals surface area (Å²) in [6.45, 7) is 6.28. The van der Waals surface area contributed by atoms with E-state index in [-0.39, 0.29) is 5.91 Å². The van der Waals surface area contributed by atoms with Crippen LogP contribution in [0.1, 0.15) is 40.1 Å². The Hall–Kier alpha value is -1.92. The van der Waals surface area contributed by atoms with Crippen LogP contribution in [-0.2, 0) is 0 Å². The highest BCUT2D eigenvalue weighted by Gasteiger charge is 2.19. The van der Waals surface area contributed by atoms with Crippen LogP contribution in [0.4, 0.5) is 10.8 Å². The van der Waals surface area contributed by atoms with Crippen molar-refractivity contribution in [2.24, 2.45) is 0 Å². The number of aromatic nitrogens is 1. The molecule has 1 aliphatic rings. The van der Waals surface area contributed by atoms with Crippen LogP contribution in [0, 0.1) is 13.8 Å². The second-order valence-corrected chi connectivity index (χ2v) is 8.82. The number of amides is 1. The minimum absolute atomic E-state index is 0.0524. The molecular formula is C19H21N3OS2. The number of carbonyl (C=O) groups excluding carboxylic acids is 1. The van der Waals surface area contributed by atoms with Crippen molar-refractivity contribution in [1.82, 2.24) is 4.98 Å². The lowest BCUT2D eigenvalue weighted by atomic mass is 10.1. The molecule has 0 spiro atoms. The summed E-state index contributed by atoms with van der Waals surface area (Å²) in [5.41, 5.74) is 4.11. The van der Waals surface area contributed by atoms with Crippen LogP contribution in [-0.4, -0.2) is 24.0 Å². The molecule has 4 rings (SSSR count). The van der Waals surface area contributed by atoms with Gasteiger partial charge in [-0.25, -0.2) is 4.98 Å². The van der Waals surface area contributed by atoms with Crippen LogP contribution in [0.3, 0.4) is 0 Å². The molecule has 1 aliphatic heterocycles. The van der Waals surface area contributed by atoms with E-state index in [1.165, 1.54) is 36.2 Å². The first kappa shape index (κ1) is 16.5. The summed E-state index contributed by atoms with van der Waals surface area (Å²) in [7, 11) is 0. The zero-order chi connectivity index (χ0) is 17.4. The highest BCUT2D eigenvalue weighted by Crippen LogP contribution is 2.36. The number of thiophene rings is 1. The summed E-state index contributed by atoms with van der Waals surface area (Å²) in [6.07, 6.45) is 3.81. The fourth-order valence-corrected chi connectivity index (χ4v) is 5.34. The van der Waals surface area contributed by atoms with E-state index >= 15 is 0 Å². The number of nitrogens with zero attached hydrogens (tertiary/aromatic N) is 2. The number of hydrogen-bond donors (Lipinski definition) is 1. The smallest absolute Gasteiger partial charge is 0.265 e. The number of hydrogen-bond acceptors (Lipinski definition) is 5.